The number of aromatic amines is 2. The molecular formula is C16H20Cl2N8O. The number of hydrogen-bond acceptors (Lipinski definition) is 6. The SMILES string of the molecule is Cl.Cl.O=C(NCCc1nc(-c2cccnc2)n[nH]1)C1NCCc2[nH]cnc21. The number of carbonyl (C=O) groups is 1. The molecule has 0 radical (unpaired) electrons. The highest BCUT2D eigenvalue weighted by molar-refractivity contribution is 5.85. The van der Waals surface area contributed by atoms with Gasteiger partial charge in [0.1, 0.15) is 11.9 Å². The smallest absolute Gasteiger partial charge is 0.243 e. The molecule has 144 valence electrons. The van der Waals surface area contributed by atoms with Crippen molar-refractivity contribution in [3.05, 3.63) is 48.1 Å². The fourth-order valence-electron chi connectivity index (χ4n) is 2.87. The summed E-state index contributed by atoms with van der Waals surface area (Å²) in [4.78, 5) is 28.2. The topological polar surface area (TPSA) is 124 Å². The maximum absolute atomic E-state index is 12.4. The van der Waals surface area contributed by atoms with Crippen molar-refractivity contribution in [2.45, 2.75) is 18.9 Å². The van der Waals surface area contributed by atoms with E-state index in [-0.39, 0.29) is 30.7 Å². The van der Waals surface area contributed by atoms with Crippen molar-refractivity contribution in [1.82, 2.24) is 40.8 Å². The molecule has 27 heavy (non-hydrogen) atoms. The summed E-state index contributed by atoms with van der Waals surface area (Å²) in [6.07, 6.45) is 6.47. The van der Waals surface area contributed by atoms with E-state index in [1.54, 1.807) is 18.7 Å². The lowest BCUT2D eigenvalue weighted by molar-refractivity contribution is -0.123. The van der Waals surface area contributed by atoms with Crippen LogP contribution in [0.3, 0.4) is 0 Å². The molecule has 0 saturated carbocycles. The lowest BCUT2D eigenvalue weighted by Gasteiger charge is -2.22. The molecule has 11 heteroatoms. The largest absolute Gasteiger partial charge is 0.354 e. The summed E-state index contributed by atoms with van der Waals surface area (Å²) in [6, 6.07) is 3.33. The van der Waals surface area contributed by atoms with Gasteiger partial charge in [0.05, 0.1) is 12.0 Å². The van der Waals surface area contributed by atoms with Crippen LogP contribution in [-0.2, 0) is 17.6 Å². The van der Waals surface area contributed by atoms with E-state index in [0.29, 0.717) is 18.8 Å². The molecule has 1 amide bonds. The second kappa shape index (κ2) is 9.45. The Hall–Kier alpha value is -2.49. The van der Waals surface area contributed by atoms with Crippen LogP contribution >= 0.6 is 24.8 Å². The molecule has 1 aliphatic rings. The normalized spacial score (nSPS) is 15.2. The number of hydrogen-bond donors (Lipinski definition) is 4. The van der Waals surface area contributed by atoms with Crippen molar-refractivity contribution in [2.24, 2.45) is 0 Å². The molecule has 4 heterocycles. The number of amides is 1. The van der Waals surface area contributed by atoms with Gasteiger partial charge in [-0.2, -0.15) is 5.10 Å². The standard InChI is InChI=1S/C16H18N8O.2ClH/c25-16(14-13-11(3-6-18-14)20-9-21-13)19-7-4-12-22-15(24-23-12)10-2-1-5-17-8-10;;/h1-2,5,8-9,14,18H,3-4,6-7H2,(H,19,25)(H,20,21)(H,22,23,24);2*1H. The Morgan fingerprint density at radius 1 is 1.33 bits per heavy atom. The number of fused-ring (bicyclic) bond motifs is 1. The maximum Gasteiger partial charge on any atom is 0.243 e. The third-order valence-corrected chi connectivity index (χ3v) is 4.12. The van der Waals surface area contributed by atoms with E-state index in [2.05, 4.69) is 40.8 Å². The molecule has 0 aliphatic carbocycles. The van der Waals surface area contributed by atoms with Gasteiger partial charge in [0.25, 0.3) is 0 Å². The number of H-pyrrole nitrogens is 2. The molecule has 0 fully saturated rings. The Labute approximate surface area is 168 Å². The number of halogens is 2. The Bertz CT molecular complexity index is 866. The minimum atomic E-state index is -0.407. The zero-order valence-corrected chi connectivity index (χ0v) is 15.9. The number of pyridine rings is 1. The number of aromatic nitrogens is 6. The van der Waals surface area contributed by atoms with Gasteiger partial charge in [-0.25, -0.2) is 9.97 Å². The highest BCUT2D eigenvalue weighted by Gasteiger charge is 2.28. The minimum absolute atomic E-state index is 0. The summed E-state index contributed by atoms with van der Waals surface area (Å²) in [5, 5.41) is 13.2. The van der Waals surface area contributed by atoms with Crippen molar-refractivity contribution < 1.29 is 4.79 Å². The molecule has 1 unspecified atom stereocenters. The van der Waals surface area contributed by atoms with Crippen molar-refractivity contribution in [3.63, 3.8) is 0 Å². The zero-order valence-electron chi connectivity index (χ0n) is 14.3. The molecule has 1 aliphatic heterocycles. The molecule has 3 aromatic heterocycles. The first-order chi connectivity index (χ1) is 12.3. The maximum atomic E-state index is 12.4. The van der Waals surface area contributed by atoms with E-state index < -0.39 is 6.04 Å². The Morgan fingerprint density at radius 2 is 2.22 bits per heavy atom. The lowest BCUT2D eigenvalue weighted by Crippen LogP contribution is -2.42. The number of imidazole rings is 1. The predicted octanol–water partition coefficient (Wildman–Crippen LogP) is 0.979. The molecule has 4 rings (SSSR count). The van der Waals surface area contributed by atoms with E-state index >= 15 is 0 Å². The summed E-state index contributed by atoms with van der Waals surface area (Å²) in [5.74, 6) is 1.24. The van der Waals surface area contributed by atoms with Gasteiger partial charge < -0.3 is 15.6 Å². The van der Waals surface area contributed by atoms with Gasteiger partial charge in [-0.05, 0) is 12.1 Å². The van der Waals surface area contributed by atoms with E-state index in [1.807, 2.05) is 12.1 Å². The van der Waals surface area contributed by atoms with Crippen LogP contribution in [0.4, 0.5) is 0 Å². The van der Waals surface area contributed by atoms with Gasteiger partial charge in [-0.3, -0.25) is 14.9 Å². The minimum Gasteiger partial charge on any atom is -0.354 e. The summed E-state index contributed by atoms with van der Waals surface area (Å²) in [7, 11) is 0. The first-order valence-corrected chi connectivity index (χ1v) is 8.16. The van der Waals surface area contributed by atoms with Gasteiger partial charge in [0.15, 0.2) is 5.82 Å². The van der Waals surface area contributed by atoms with Crippen molar-refractivity contribution in [3.8, 4) is 11.4 Å². The average Bonchev–Trinajstić information content (AvgIpc) is 3.31. The molecule has 9 nitrogen and oxygen atoms in total. The molecule has 1 atom stereocenters. The molecule has 0 saturated heterocycles. The lowest BCUT2D eigenvalue weighted by atomic mass is 10.1. The van der Waals surface area contributed by atoms with Gasteiger partial charge >= 0.3 is 0 Å². The molecule has 0 aromatic carbocycles. The van der Waals surface area contributed by atoms with Crippen molar-refractivity contribution in [1.29, 1.82) is 0 Å². The second-order valence-corrected chi connectivity index (χ2v) is 5.79. The van der Waals surface area contributed by atoms with Gasteiger partial charge in [0, 0.05) is 49.6 Å². The average molecular weight is 411 g/mol. The second-order valence-electron chi connectivity index (χ2n) is 5.79. The van der Waals surface area contributed by atoms with Gasteiger partial charge in [-0.15, -0.1) is 24.8 Å². The third kappa shape index (κ3) is 4.62. The molecule has 0 bridgehead atoms. The Kier molecular flexibility index (Phi) is 7.28. The van der Waals surface area contributed by atoms with Crippen molar-refractivity contribution >= 4 is 30.7 Å². The van der Waals surface area contributed by atoms with Crippen LogP contribution in [0.15, 0.2) is 30.9 Å². The van der Waals surface area contributed by atoms with Crippen molar-refractivity contribution in [2.75, 3.05) is 13.1 Å². The third-order valence-electron chi connectivity index (χ3n) is 4.12. The highest BCUT2D eigenvalue weighted by Crippen LogP contribution is 2.19. The fourth-order valence-corrected chi connectivity index (χ4v) is 2.87. The van der Waals surface area contributed by atoms with Crippen LogP contribution in [0, 0.1) is 0 Å². The first kappa shape index (κ1) is 20.8. The molecule has 3 aromatic rings. The number of rotatable bonds is 5. The Balaban J connectivity index is 0.00000131. The summed E-state index contributed by atoms with van der Waals surface area (Å²) >= 11 is 0. The van der Waals surface area contributed by atoms with Crippen LogP contribution in [0.25, 0.3) is 11.4 Å². The van der Waals surface area contributed by atoms with Gasteiger partial charge in [-0.1, -0.05) is 0 Å². The molecule has 4 N–H and O–H groups in total. The van der Waals surface area contributed by atoms with Crippen LogP contribution in [0.5, 0.6) is 0 Å². The first-order valence-electron chi connectivity index (χ1n) is 8.16. The van der Waals surface area contributed by atoms with Crippen LogP contribution in [0.1, 0.15) is 23.3 Å². The van der Waals surface area contributed by atoms with E-state index in [9.17, 15) is 4.79 Å². The quantitative estimate of drug-likeness (QED) is 0.496. The number of nitrogens with zero attached hydrogens (tertiary/aromatic N) is 4. The van der Waals surface area contributed by atoms with Crippen LogP contribution < -0.4 is 10.6 Å². The van der Waals surface area contributed by atoms with E-state index in [4.69, 9.17) is 0 Å². The van der Waals surface area contributed by atoms with Crippen LogP contribution in [0.2, 0.25) is 0 Å². The highest BCUT2D eigenvalue weighted by atomic mass is 35.5. The summed E-state index contributed by atoms with van der Waals surface area (Å²) in [6.45, 7) is 1.22. The zero-order chi connectivity index (χ0) is 17.1. The summed E-state index contributed by atoms with van der Waals surface area (Å²) < 4.78 is 0. The monoisotopic (exact) mass is 410 g/mol. The van der Waals surface area contributed by atoms with E-state index in [1.165, 1.54) is 0 Å². The van der Waals surface area contributed by atoms with Gasteiger partial charge in [0.2, 0.25) is 5.91 Å². The summed E-state index contributed by atoms with van der Waals surface area (Å²) in [5.41, 5.74) is 2.66. The Morgan fingerprint density at radius 3 is 3.04 bits per heavy atom. The number of nitrogens with one attached hydrogen (secondary N) is 4. The number of carbonyl (C=O) groups excluding carboxylic acids is 1. The fraction of sp³-hybridized carbons (Fsp3) is 0.312. The predicted molar refractivity (Wildman–Crippen MR) is 104 cm³/mol. The molecule has 0 spiro atoms. The van der Waals surface area contributed by atoms with E-state index in [0.717, 1.165) is 35.7 Å². The molecular weight excluding hydrogens is 391 g/mol. The van der Waals surface area contributed by atoms with Crippen LogP contribution in [-0.4, -0.2) is 49.1 Å².